The lowest BCUT2D eigenvalue weighted by Crippen LogP contribution is -2.29. The summed E-state index contributed by atoms with van der Waals surface area (Å²) in [4.78, 5) is 11.9. The fourth-order valence-electron chi connectivity index (χ4n) is 1.09. The summed E-state index contributed by atoms with van der Waals surface area (Å²) < 4.78 is 0. The van der Waals surface area contributed by atoms with E-state index in [9.17, 15) is 4.79 Å². The van der Waals surface area contributed by atoms with E-state index in [1.807, 2.05) is 17.5 Å². The lowest BCUT2D eigenvalue weighted by atomic mass is 10.1. The molecule has 1 atom stereocenters. The molecule has 0 saturated heterocycles. The zero-order valence-electron chi connectivity index (χ0n) is 7.62. The number of amides is 1. The maximum absolute atomic E-state index is 10.7. The third kappa shape index (κ3) is 3.16. The molecule has 0 aliphatic carbocycles. The van der Waals surface area contributed by atoms with E-state index < -0.39 is 0 Å². The molecule has 72 valence electrons. The molecule has 0 saturated carbocycles. The van der Waals surface area contributed by atoms with Gasteiger partial charge in [-0.05, 0) is 11.4 Å². The van der Waals surface area contributed by atoms with E-state index in [0.717, 1.165) is 0 Å². The van der Waals surface area contributed by atoms with Crippen LogP contribution in [0.5, 0.6) is 0 Å². The third-order valence-electron chi connectivity index (χ3n) is 1.83. The van der Waals surface area contributed by atoms with Gasteiger partial charge in [-0.1, -0.05) is 6.07 Å². The number of hydrogen-bond acceptors (Lipinski definition) is 3. The van der Waals surface area contributed by atoms with Gasteiger partial charge in [-0.25, -0.2) is 0 Å². The van der Waals surface area contributed by atoms with Gasteiger partial charge in [-0.2, -0.15) is 0 Å². The molecule has 0 fully saturated rings. The lowest BCUT2D eigenvalue weighted by Gasteiger charge is -2.12. The van der Waals surface area contributed by atoms with Gasteiger partial charge in [0.2, 0.25) is 5.91 Å². The second-order valence-electron chi connectivity index (χ2n) is 2.89. The van der Waals surface area contributed by atoms with E-state index in [2.05, 4.69) is 5.32 Å². The fraction of sp³-hybridized carbons (Fsp3) is 0.444. The summed E-state index contributed by atoms with van der Waals surface area (Å²) in [6.07, 6.45) is 0. The number of nitrogens with two attached hydrogens (primary N) is 1. The summed E-state index contributed by atoms with van der Waals surface area (Å²) in [7, 11) is 0. The van der Waals surface area contributed by atoms with Crippen LogP contribution in [0.1, 0.15) is 17.7 Å². The second-order valence-corrected chi connectivity index (χ2v) is 3.86. The fourth-order valence-corrected chi connectivity index (χ4v) is 1.93. The Morgan fingerprint density at radius 3 is 3.00 bits per heavy atom. The Kier molecular flexibility index (Phi) is 3.92. The van der Waals surface area contributed by atoms with E-state index in [1.165, 1.54) is 11.8 Å². The van der Waals surface area contributed by atoms with Gasteiger partial charge < -0.3 is 11.1 Å². The normalized spacial score (nSPS) is 12.5. The molecule has 0 spiro atoms. The molecular weight excluding hydrogens is 184 g/mol. The van der Waals surface area contributed by atoms with Crippen LogP contribution < -0.4 is 11.1 Å². The molecule has 0 bridgehead atoms. The summed E-state index contributed by atoms with van der Waals surface area (Å²) in [6, 6.07) is 4.04. The molecular formula is C9H14N2OS. The number of thiophene rings is 1. The highest BCUT2D eigenvalue weighted by atomic mass is 32.1. The molecule has 4 heteroatoms. The quantitative estimate of drug-likeness (QED) is 0.756. The zero-order chi connectivity index (χ0) is 9.68. The molecule has 1 unspecified atom stereocenters. The molecule has 1 aromatic rings. The average Bonchev–Trinajstić information content (AvgIpc) is 2.58. The van der Waals surface area contributed by atoms with Crippen LogP contribution in [0.4, 0.5) is 0 Å². The Hall–Kier alpha value is -0.870. The third-order valence-corrected chi connectivity index (χ3v) is 2.86. The largest absolute Gasteiger partial charge is 0.356 e. The molecule has 3 nitrogen and oxygen atoms in total. The standard InChI is InChI=1S/C9H14N2OS/c1-7(12)11-6-8(5-10)9-3-2-4-13-9/h2-4,8H,5-6,10H2,1H3,(H,11,12). The van der Waals surface area contributed by atoms with E-state index in [-0.39, 0.29) is 11.8 Å². The number of nitrogens with one attached hydrogen (secondary N) is 1. The van der Waals surface area contributed by atoms with Crippen molar-refractivity contribution in [3.63, 3.8) is 0 Å². The molecule has 0 aromatic carbocycles. The van der Waals surface area contributed by atoms with Crippen molar-refractivity contribution in [3.05, 3.63) is 22.4 Å². The molecule has 0 aliphatic heterocycles. The van der Waals surface area contributed by atoms with Gasteiger partial charge >= 0.3 is 0 Å². The van der Waals surface area contributed by atoms with Crippen molar-refractivity contribution in [2.75, 3.05) is 13.1 Å². The molecule has 1 heterocycles. The van der Waals surface area contributed by atoms with Gasteiger partial charge in [0.15, 0.2) is 0 Å². The highest BCUT2D eigenvalue weighted by molar-refractivity contribution is 7.10. The van der Waals surface area contributed by atoms with Crippen molar-refractivity contribution >= 4 is 17.2 Å². The van der Waals surface area contributed by atoms with Crippen LogP contribution in [0.2, 0.25) is 0 Å². The minimum absolute atomic E-state index is 0.00462. The van der Waals surface area contributed by atoms with Crippen molar-refractivity contribution in [3.8, 4) is 0 Å². The topological polar surface area (TPSA) is 55.1 Å². The number of carbonyl (C=O) groups is 1. The maximum Gasteiger partial charge on any atom is 0.216 e. The monoisotopic (exact) mass is 198 g/mol. The Balaban J connectivity index is 2.49. The van der Waals surface area contributed by atoms with Gasteiger partial charge in [0.25, 0.3) is 0 Å². The smallest absolute Gasteiger partial charge is 0.216 e. The van der Waals surface area contributed by atoms with Crippen molar-refractivity contribution < 1.29 is 4.79 Å². The summed E-state index contributed by atoms with van der Waals surface area (Å²) in [5.74, 6) is 0.249. The van der Waals surface area contributed by atoms with Crippen LogP contribution in [-0.4, -0.2) is 19.0 Å². The van der Waals surface area contributed by atoms with Crippen LogP contribution in [0.15, 0.2) is 17.5 Å². The Morgan fingerprint density at radius 1 is 1.77 bits per heavy atom. The number of rotatable bonds is 4. The maximum atomic E-state index is 10.7. The number of hydrogen-bond donors (Lipinski definition) is 2. The highest BCUT2D eigenvalue weighted by Gasteiger charge is 2.10. The van der Waals surface area contributed by atoms with E-state index in [1.54, 1.807) is 11.3 Å². The molecule has 13 heavy (non-hydrogen) atoms. The first-order valence-corrected chi connectivity index (χ1v) is 5.10. The van der Waals surface area contributed by atoms with Crippen molar-refractivity contribution in [2.45, 2.75) is 12.8 Å². The van der Waals surface area contributed by atoms with Gasteiger partial charge in [0.05, 0.1) is 0 Å². The van der Waals surface area contributed by atoms with Gasteiger partial charge in [-0.3, -0.25) is 4.79 Å². The minimum Gasteiger partial charge on any atom is -0.356 e. The average molecular weight is 198 g/mol. The summed E-state index contributed by atoms with van der Waals surface area (Å²) >= 11 is 1.68. The lowest BCUT2D eigenvalue weighted by molar-refractivity contribution is -0.119. The molecule has 0 radical (unpaired) electrons. The number of carbonyl (C=O) groups excluding carboxylic acids is 1. The van der Waals surface area contributed by atoms with Crippen LogP contribution in [-0.2, 0) is 4.79 Å². The van der Waals surface area contributed by atoms with Gasteiger partial charge in [0, 0.05) is 30.8 Å². The first-order chi connectivity index (χ1) is 6.24. The molecule has 1 rings (SSSR count). The summed E-state index contributed by atoms with van der Waals surface area (Å²) in [5, 5.41) is 4.79. The molecule has 3 N–H and O–H groups in total. The Labute approximate surface area is 81.9 Å². The van der Waals surface area contributed by atoms with E-state index in [4.69, 9.17) is 5.73 Å². The predicted octanol–water partition coefficient (Wildman–Crippen LogP) is 0.927. The van der Waals surface area contributed by atoms with E-state index in [0.29, 0.717) is 13.1 Å². The summed E-state index contributed by atoms with van der Waals surface area (Å²) in [5.41, 5.74) is 5.61. The molecule has 0 aliphatic rings. The second kappa shape index (κ2) is 4.99. The SMILES string of the molecule is CC(=O)NCC(CN)c1cccs1. The Bertz CT molecular complexity index is 259. The first kappa shape index (κ1) is 10.2. The van der Waals surface area contributed by atoms with Gasteiger partial charge in [-0.15, -0.1) is 11.3 Å². The molecule has 1 amide bonds. The predicted molar refractivity (Wildman–Crippen MR) is 54.8 cm³/mol. The van der Waals surface area contributed by atoms with E-state index >= 15 is 0 Å². The van der Waals surface area contributed by atoms with Gasteiger partial charge in [0.1, 0.15) is 0 Å². The Morgan fingerprint density at radius 2 is 2.54 bits per heavy atom. The molecule has 1 aromatic heterocycles. The van der Waals surface area contributed by atoms with Crippen LogP contribution in [0.25, 0.3) is 0 Å². The van der Waals surface area contributed by atoms with Crippen LogP contribution in [0, 0.1) is 0 Å². The highest BCUT2D eigenvalue weighted by Crippen LogP contribution is 2.19. The zero-order valence-corrected chi connectivity index (χ0v) is 8.43. The summed E-state index contributed by atoms with van der Waals surface area (Å²) in [6.45, 7) is 2.72. The minimum atomic E-state index is -0.00462. The first-order valence-electron chi connectivity index (χ1n) is 4.22. The van der Waals surface area contributed by atoms with Crippen LogP contribution >= 0.6 is 11.3 Å². The van der Waals surface area contributed by atoms with Crippen molar-refractivity contribution in [2.24, 2.45) is 5.73 Å². The van der Waals surface area contributed by atoms with Crippen molar-refractivity contribution in [1.29, 1.82) is 0 Å². The van der Waals surface area contributed by atoms with Crippen molar-refractivity contribution in [1.82, 2.24) is 5.32 Å². The van der Waals surface area contributed by atoms with Crippen LogP contribution in [0.3, 0.4) is 0 Å².